The molecule has 4 rings (SSSR count). The lowest BCUT2D eigenvalue weighted by Crippen LogP contribution is -2.51. The lowest BCUT2D eigenvalue weighted by atomic mass is 9.83. The lowest BCUT2D eigenvalue weighted by Gasteiger charge is -2.45. The van der Waals surface area contributed by atoms with Crippen LogP contribution in [-0.4, -0.2) is 75.1 Å². The summed E-state index contributed by atoms with van der Waals surface area (Å²) in [6.45, 7) is 3.50. The first kappa shape index (κ1) is 18.2. The predicted octanol–water partition coefficient (Wildman–Crippen LogP) is 1.56. The predicted molar refractivity (Wildman–Crippen MR) is 101 cm³/mol. The topological polar surface area (TPSA) is 76.4 Å². The minimum Gasteiger partial charge on any atom is -0.479 e. The van der Waals surface area contributed by atoms with Crippen molar-refractivity contribution < 1.29 is 9.53 Å². The van der Waals surface area contributed by atoms with Crippen LogP contribution in [0.1, 0.15) is 32.1 Å². The second-order valence-corrected chi connectivity index (χ2v) is 7.70. The quantitative estimate of drug-likeness (QED) is 0.793. The molecule has 2 saturated heterocycles. The van der Waals surface area contributed by atoms with Gasteiger partial charge in [-0.05, 0) is 44.7 Å². The number of amides is 1. The number of piperidine rings is 2. The Morgan fingerprint density at radius 2 is 2.07 bits per heavy atom. The Kier molecular flexibility index (Phi) is 5.24. The van der Waals surface area contributed by atoms with E-state index in [0.29, 0.717) is 29.0 Å². The molecule has 0 N–H and O–H groups in total. The molecule has 2 aromatic heterocycles. The molecule has 8 nitrogen and oxygen atoms in total. The molecule has 2 atom stereocenters. The fourth-order valence-electron chi connectivity index (χ4n) is 4.63. The van der Waals surface area contributed by atoms with Crippen LogP contribution in [0.15, 0.2) is 12.7 Å². The van der Waals surface area contributed by atoms with E-state index in [1.807, 2.05) is 11.9 Å². The lowest BCUT2D eigenvalue weighted by molar-refractivity contribution is -0.131. The SMILES string of the molecule is COc1ncnc2c1ncn2CC(=O)N(C)CC1CCCN2CCCCC12. The molecule has 0 bridgehead atoms. The maximum absolute atomic E-state index is 12.8. The summed E-state index contributed by atoms with van der Waals surface area (Å²) in [5.41, 5.74) is 1.21. The van der Waals surface area contributed by atoms with Crippen LogP contribution >= 0.6 is 0 Å². The number of hydrogen-bond donors (Lipinski definition) is 0. The molecule has 0 aliphatic carbocycles. The van der Waals surface area contributed by atoms with Gasteiger partial charge < -0.3 is 19.1 Å². The normalized spacial score (nSPS) is 23.2. The number of methoxy groups -OCH3 is 1. The van der Waals surface area contributed by atoms with Crippen LogP contribution in [0, 0.1) is 5.92 Å². The molecule has 146 valence electrons. The van der Waals surface area contributed by atoms with E-state index in [2.05, 4.69) is 19.9 Å². The van der Waals surface area contributed by atoms with Gasteiger partial charge in [0.2, 0.25) is 11.8 Å². The van der Waals surface area contributed by atoms with Crippen LogP contribution in [0.4, 0.5) is 0 Å². The van der Waals surface area contributed by atoms with Gasteiger partial charge in [-0.3, -0.25) is 4.79 Å². The number of hydrogen-bond acceptors (Lipinski definition) is 6. The molecule has 2 aliphatic rings. The van der Waals surface area contributed by atoms with Crippen LogP contribution in [0.25, 0.3) is 11.2 Å². The number of aromatic nitrogens is 4. The van der Waals surface area contributed by atoms with Crippen molar-refractivity contribution in [2.75, 3.05) is 33.8 Å². The van der Waals surface area contributed by atoms with Crippen molar-refractivity contribution in [1.82, 2.24) is 29.3 Å². The maximum Gasteiger partial charge on any atom is 0.245 e. The first-order chi connectivity index (χ1) is 13.2. The molecule has 0 radical (unpaired) electrons. The van der Waals surface area contributed by atoms with Gasteiger partial charge in [-0.1, -0.05) is 6.42 Å². The minimum absolute atomic E-state index is 0.0832. The molecule has 8 heteroatoms. The van der Waals surface area contributed by atoms with Crippen molar-refractivity contribution in [1.29, 1.82) is 0 Å². The third kappa shape index (κ3) is 3.63. The van der Waals surface area contributed by atoms with Crippen LogP contribution in [0.2, 0.25) is 0 Å². The fraction of sp³-hybridized carbons (Fsp3) is 0.684. The van der Waals surface area contributed by atoms with Gasteiger partial charge in [0.1, 0.15) is 12.9 Å². The third-order valence-electron chi connectivity index (χ3n) is 6.03. The van der Waals surface area contributed by atoms with Crippen LogP contribution in [0.5, 0.6) is 5.88 Å². The van der Waals surface area contributed by atoms with E-state index in [9.17, 15) is 4.79 Å². The number of rotatable bonds is 5. The standard InChI is InChI=1S/C19H28N6O2/c1-23(10-14-6-5-9-24-8-4-3-7-15(14)24)16(26)11-25-13-22-17-18(25)20-12-21-19(17)27-2/h12-15H,3-11H2,1-2H3. The van der Waals surface area contributed by atoms with Gasteiger partial charge in [0.15, 0.2) is 11.2 Å². The summed E-state index contributed by atoms with van der Waals surface area (Å²) < 4.78 is 6.99. The number of carbonyl (C=O) groups excluding carboxylic acids is 1. The molecular formula is C19H28N6O2. The Morgan fingerprint density at radius 3 is 2.93 bits per heavy atom. The summed E-state index contributed by atoms with van der Waals surface area (Å²) in [5.74, 6) is 1.09. The van der Waals surface area contributed by atoms with Crippen molar-refractivity contribution in [3.05, 3.63) is 12.7 Å². The molecule has 27 heavy (non-hydrogen) atoms. The van der Waals surface area contributed by atoms with Crippen molar-refractivity contribution >= 4 is 17.1 Å². The van der Waals surface area contributed by atoms with E-state index in [-0.39, 0.29) is 12.5 Å². The van der Waals surface area contributed by atoms with Crippen LogP contribution in [-0.2, 0) is 11.3 Å². The summed E-state index contributed by atoms with van der Waals surface area (Å²) in [6.07, 6.45) is 9.44. The highest BCUT2D eigenvalue weighted by Gasteiger charge is 2.34. The van der Waals surface area contributed by atoms with Crippen molar-refractivity contribution in [3.8, 4) is 5.88 Å². The molecule has 0 spiro atoms. The van der Waals surface area contributed by atoms with Crippen LogP contribution in [0.3, 0.4) is 0 Å². The van der Waals surface area contributed by atoms with Crippen molar-refractivity contribution in [2.45, 2.75) is 44.7 Å². The van der Waals surface area contributed by atoms with Gasteiger partial charge in [-0.15, -0.1) is 0 Å². The zero-order valence-electron chi connectivity index (χ0n) is 16.2. The molecule has 4 heterocycles. The number of nitrogens with zero attached hydrogens (tertiary/aromatic N) is 6. The van der Waals surface area contributed by atoms with E-state index in [0.717, 1.165) is 6.54 Å². The van der Waals surface area contributed by atoms with E-state index in [1.165, 1.54) is 51.5 Å². The highest BCUT2D eigenvalue weighted by Crippen LogP contribution is 2.31. The smallest absolute Gasteiger partial charge is 0.245 e. The Bertz CT molecular complexity index is 805. The first-order valence-electron chi connectivity index (χ1n) is 9.85. The maximum atomic E-state index is 12.8. The largest absolute Gasteiger partial charge is 0.479 e. The van der Waals surface area contributed by atoms with Gasteiger partial charge in [0.25, 0.3) is 0 Å². The van der Waals surface area contributed by atoms with Gasteiger partial charge in [0.05, 0.1) is 13.4 Å². The Labute approximate surface area is 159 Å². The fourth-order valence-corrected chi connectivity index (χ4v) is 4.63. The summed E-state index contributed by atoms with van der Waals surface area (Å²) in [4.78, 5) is 30.0. The average molecular weight is 372 g/mol. The summed E-state index contributed by atoms with van der Waals surface area (Å²) in [7, 11) is 3.47. The molecular weight excluding hydrogens is 344 g/mol. The van der Waals surface area contributed by atoms with Crippen molar-refractivity contribution in [3.63, 3.8) is 0 Å². The van der Waals surface area contributed by atoms with Gasteiger partial charge in [-0.25, -0.2) is 9.97 Å². The molecule has 2 unspecified atom stereocenters. The minimum atomic E-state index is 0.0832. The number of carbonyl (C=O) groups is 1. The highest BCUT2D eigenvalue weighted by atomic mass is 16.5. The Balaban J connectivity index is 1.42. The van der Waals surface area contributed by atoms with E-state index in [1.54, 1.807) is 18.0 Å². The summed E-state index contributed by atoms with van der Waals surface area (Å²) >= 11 is 0. The molecule has 2 aromatic rings. The van der Waals surface area contributed by atoms with E-state index >= 15 is 0 Å². The molecule has 0 aromatic carbocycles. The monoisotopic (exact) mass is 372 g/mol. The number of fused-ring (bicyclic) bond motifs is 2. The molecule has 0 saturated carbocycles. The van der Waals surface area contributed by atoms with E-state index in [4.69, 9.17) is 4.74 Å². The van der Waals surface area contributed by atoms with Gasteiger partial charge in [0, 0.05) is 19.6 Å². The summed E-state index contributed by atoms with van der Waals surface area (Å²) in [6, 6.07) is 0.647. The summed E-state index contributed by atoms with van der Waals surface area (Å²) in [5, 5.41) is 0. The second-order valence-electron chi connectivity index (χ2n) is 7.70. The third-order valence-corrected chi connectivity index (χ3v) is 6.03. The van der Waals surface area contributed by atoms with Crippen molar-refractivity contribution in [2.24, 2.45) is 5.92 Å². The zero-order chi connectivity index (χ0) is 18.8. The first-order valence-corrected chi connectivity index (χ1v) is 9.85. The molecule has 1 amide bonds. The number of imidazole rings is 1. The highest BCUT2D eigenvalue weighted by molar-refractivity contribution is 5.80. The Hall–Kier alpha value is -2.22. The molecule has 2 fully saturated rings. The second kappa shape index (κ2) is 7.80. The number of likely N-dealkylation sites (N-methyl/N-ethyl adjacent to an activating group) is 1. The van der Waals surface area contributed by atoms with Gasteiger partial charge in [-0.2, -0.15) is 4.98 Å². The van der Waals surface area contributed by atoms with Crippen LogP contribution < -0.4 is 4.74 Å². The zero-order valence-corrected chi connectivity index (χ0v) is 16.2. The average Bonchev–Trinajstić information content (AvgIpc) is 3.11. The number of ether oxygens (including phenoxy) is 1. The molecule has 2 aliphatic heterocycles. The van der Waals surface area contributed by atoms with Gasteiger partial charge >= 0.3 is 0 Å². The van der Waals surface area contributed by atoms with E-state index < -0.39 is 0 Å². The Morgan fingerprint density at radius 1 is 1.22 bits per heavy atom.